The van der Waals surface area contributed by atoms with Crippen LogP contribution >= 0.6 is 0 Å². The average molecular weight is 334 g/mol. The van der Waals surface area contributed by atoms with Crippen LogP contribution in [0.2, 0.25) is 0 Å². The Labute approximate surface area is 145 Å². The quantitative estimate of drug-likeness (QED) is 0.688. The molecule has 3 rings (SSSR count). The first kappa shape index (κ1) is 16.6. The molecule has 0 aliphatic heterocycles. The number of carbonyl (C=O) groups is 2. The van der Waals surface area contributed by atoms with Crippen molar-refractivity contribution < 1.29 is 14.0 Å². The highest BCUT2D eigenvalue weighted by atomic mass is 16.4. The summed E-state index contributed by atoms with van der Waals surface area (Å²) in [4.78, 5) is 27.5. The maximum absolute atomic E-state index is 12.0. The molecular formula is C20H18N2O3. The van der Waals surface area contributed by atoms with Gasteiger partial charge in [-0.3, -0.25) is 9.59 Å². The van der Waals surface area contributed by atoms with Crippen LogP contribution in [0.4, 0.5) is 5.69 Å². The molecule has 0 saturated heterocycles. The first-order chi connectivity index (χ1) is 12.1. The van der Waals surface area contributed by atoms with Crippen molar-refractivity contribution in [3.8, 4) is 11.3 Å². The van der Waals surface area contributed by atoms with Crippen LogP contribution in [0.15, 0.2) is 65.2 Å². The van der Waals surface area contributed by atoms with Gasteiger partial charge >= 0.3 is 0 Å². The molecular weight excluding hydrogens is 316 g/mol. The zero-order chi connectivity index (χ0) is 17.6. The first-order valence-electron chi connectivity index (χ1n) is 8.03. The smallest absolute Gasteiger partial charge is 0.224 e. The summed E-state index contributed by atoms with van der Waals surface area (Å²) >= 11 is 0. The summed E-state index contributed by atoms with van der Waals surface area (Å²) in [6.07, 6.45) is 2.36. The summed E-state index contributed by atoms with van der Waals surface area (Å²) in [5.74, 6) is 1.09. The van der Waals surface area contributed by atoms with Crippen molar-refractivity contribution in [2.45, 2.75) is 19.8 Å². The van der Waals surface area contributed by atoms with Gasteiger partial charge in [0.05, 0.1) is 6.20 Å². The van der Waals surface area contributed by atoms with E-state index in [1.54, 1.807) is 30.5 Å². The predicted octanol–water partition coefficient (Wildman–Crippen LogP) is 4.12. The van der Waals surface area contributed by atoms with E-state index in [0.29, 0.717) is 29.3 Å². The highest BCUT2D eigenvalue weighted by molar-refractivity contribution is 5.95. The number of nitrogens with one attached hydrogen (secondary N) is 1. The molecule has 0 aliphatic carbocycles. The molecule has 0 unspecified atom stereocenters. The second-order valence-corrected chi connectivity index (χ2v) is 5.67. The van der Waals surface area contributed by atoms with Crippen molar-refractivity contribution in [1.29, 1.82) is 0 Å². The van der Waals surface area contributed by atoms with Crippen molar-refractivity contribution >= 4 is 17.4 Å². The molecule has 1 amide bonds. The molecule has 5 heteroatoms. The Morgan fingerprint density at radius 2 is 1.76 bits per heavy atom. The van der Waals surface area contributed by atoms with Gasteiger partial charge in [-0.25, -0.2) is 4.98 Å². The standard InChI is InChI=1S/C20H18N2O3/c1-14(23)15-7-9-17(10-8-15)22-19(24)11-12-20-21-13-18(25-20)16-5-3-2-4-6-16/h2-10,13H,11-12H2,1H3,(H,22,24). The number of hydrogen-bond donors (Lipinski definition) is 1. The van der Waals surface area contributed by atoms with Gasteiger partial charge in [-0.2, -0.15) is 0 Å². The van der Waals surface area contributed by atoms with Crippen LogP contribution in [0.5, 0.6) is 0 Å². The number of amides is 1. The maximum atomic E-state index is 12.0. The Morgan fingerprint density at radius 1 is 1.04 bits per heavy atom. The summed E-state index contributed by atoms with van der Waals surface area (Å²) < 4.78 is 5.68. The first-order valence-corrected chi connectivity index (χ1v) is 8.03. The molecule has 0 saturated carbocycles. The van der Waals surface area contributed by atoms with Crippen LogP contribution in [0, 0.1) is 0 Å². The van der Waals surface area contributed by atoms with E-state index in [-0.39, 0.29) is 18.1 Å². The summed E-state index contributed by atoms with van der Waals surface area (Å²) in [7, 11) is 0. The number of nitrogens with zero attached hydrogens (tertiary/aromatic N) is 1. The van der Waals surface area contributed by atoms with E-state index in [1.165, 1.54) is 6.92 Å². The lowest BCUT2D eigenvalue weighted by molar-refractivity contribution is -0.116. The van der Waals surface area contributed by atoms with Crippen molar-refractivity contribution in [3.05, 3.63) is 72.2 Å². The topological polar surface area (TPSA) is 72.2 Å². The lowest BCUT2D eigenvalue weighted by Gasteiger charge is -2.05. The Balaban J connectivity index is 1.54. The van der Waals surface area contributed by atoms with Crippen LogP contribution in [0.25, 0.3) is 11.3 Å². The van der Waals surface area contributed by atoms with Gasteiger partial charge in [0.25, 0.3) is 0 Å². The SMILES string of the molecule is CC(=O)c1ccc(NC(=O)CCc2ncc(-c3ccccc3)o2)cc1. The van der Waals surface area contributed by atoms with E-state index in [9.17, 15) is 9.59 Å². The third-order valence-electron chi connectivity index (χ3n) is 3.75. The predicted molar refractivity (Wildman–Crippen MR) is 95.3 cm³/mol. The lowest BCUT2D eigenvalue weighted by atomic mass is 10.1. The molecule has 0 radical (unpaired) electrons. The number of hydrogen-bond acceptors (Lipinski definition) is 4. The van der Waals surface area contributed by atoms with Crippen molar-refractivity contribution in [3.63, 3.8) is 0 Å². The normalized spacial score (nSPS) is 10.4. The van der Waals surface area contributed by atoms with Gasteiger partial charge in [0.1, 0.15) is 0 Å². The number of oxazole rings is 1. The largest absolute Gasteiger partial charge is 0.441 e. The summed E-state index contributed by atoms with van der Waals surface area (Å²) in [6.45, 7) is 1.51. The fraction of sp³-hybridized carbons (Fsp3) is 0.150. The third kappa shape index (κ3) is 4.41. The molecule has 0 atom stereocenters. The Kier molecular flexibility index (Phi) is 5.04. The lowest BCUT2D eigenvalue weighted by Crippen LogP contribution is -2.12. The molecule has 0 spiro atoms. The van der Waals surface area contributed by atoms with E-state index in [1.807, 2.05) is 30.3 Å². The molecule has 0 bridgehead atoms. The van der Waals surface area contributed by atoms with Gasteiger partial charge in [-0.05, 0) is 31.2 Å². The molecule has 5 nitrogen and oxygen atoms in total. The zero-order valence-corrected chi connectivity index (χ0v) is 13.9. The van der Waals surface area contributed by atoms with Crippen molar-refractivity contribution in [1.82, 2.24) is 4.98 Å². The van der Waals surface area contributed by atoms with Gasteiger partial charge in [-0.15, -0.1) is 0 Å². The number of carbonyl (C=O) groups excluding carboxylic acids is 2. The van der Waals surface area contributed by atoms with Gasteiger partial charge in [0.15, 0.2) is 17.4 Å². The van der Waals surface area contributed by atoms with E-state index in [4.69, 9.17) is 4.42 Å². The van der Waals surface area contributed by atoms with Gasteiger partial charge < -0.3 is 9.73 Å². The molecule has 25 heavy (non-hydrogen) atoms. The number of aryl methyl sites for hydroxylation is 1. The van der Waals surface area contributed by atoms with Crippen LogP contribution in [-0.2, 0) is 11.2 Å². The molecule has 2 aromatic carbocycles. The number of benzene rings is 2. The molecule has 1 aromatic heterocycles. The van der Waals surface area contributed by atoms with E-state index in [2.05, 4.69) is 10.3 Å². The second kappa shape index (κ2) is 7.57. The Bertz CT molecular complexity index is 867. The van der Waals surface area contributed by atoms with Crippen LogP contribution in [0.1, 0.15) is 29.6 Å². The molecule has 0 fully saturated rings. The van der Waals surface area contributed by atoms with Crippen LogP contribution in [-0.4, -0.2) is 16.7 Å². The monoisotopic (exact) mass is 334 g/mol. The minimum atomic E-state index is -0.130. The maximum Gasteiger partial charge on any atom is 0.224 e. The third-order valence-corrected chi connectivity index (χ3v) is 3.75. The Hall–Kier alpha value is -3.21. The number of ketones is 1. The second-order valence-electron chi connectivity index (χ2n) is 5.67. The average Bonchev–Trinajstić information content (AvgIpc) is 3.10. The fourth-order valence-electron chi connectivity index (χ4n) is 2.39. The molecule has 3 aromatic rings. The number of aromatic nitrogens is 1. The number of Topliss-reactive ketones (excluding diaryl/α,β-unsaturated/α-hetero) is 1. The van der Waals surface area contributed by atoms with E-state index >= 15 is 0 Å². The molecule has 0 aliphatic rings. The van der Waals surface area contributed by atoms with Crippen LogP contribution < -0.4 is 5.32 Å². The summed E-state index contributed by atoms with van der Waals surface area (Å²) in [6, 6.07) is 16.5. The number of rotatable bonds is 6. The zero-order valence-electron chi connectivity index (χ0n) is 13.9. The fourth-order valence-corrected chi connectivity index (χ4v) is 2.39. The van der Waals surface area contributed by atoms with Gasteiger partial charge in [0.2, 0.25) is 5.91 Å². The van der Waals surface area contributed by atoms with Gasteiger partial charge in [0, 0.05) is 29.7 Å². The van der Waals surface area contributed by atoms with Gasteiger partial charge in [-0.1, -0.05) is 30.3 Å². The minimum Gasteiger partial charge on any atom is -0.441 e. The highest BCUT2D eigenvalue weighted by Crippen LogP contribution is 2.20. The Morgan fingerprint density at radius 3 is 2.44 bits per heavy atom. The van der Waals surface area contributed by atoms with E-state index < -0.39 is 0 Å². The highest BCUT2D eigenvalue weighted by Gasteiger charge is 2.09. The summed E-state index contributed by atoms with van der Waals surface area (Å²) in [5, 5.41) is 2.80. The molecule has 1 N–H and O–H groups in total. The van der Waals surface area contributed by atoms with Crippen LogP contribution in [0.3, 0.4) is 0 Å². The van der Waals surface area contributed by atoms with Crippen molar-refractivity contribution in [2.75, 3.05) is 5.32 Å². The minimum absolute atomic E-state index is 0.00371. The van der Waals surface area contributed by atoms with E-state index in [0.717, 1.165) is 5.56 Å². The molecule has 1 heterocycles. The van der Waals surface area contributed by atoms with Crippen molar-refractivity contribution in [2.24, 2.45) is 0 Å². The molecule has 126 valence electrons. The number of anilines is 1. The summed E-state index contributed by atoms with van der Waals surface area (Å²) in [5.41, 5.74) is 2.23.